The Balaban J connectivity index is 2.36. The highest BCUT2D eigenvalue weighted by atomic mass is 16.6. The van der Waals surface area contributed by atoms with Gasteiger partial charge in [0, 0.05) is 32.3 Å². The molecule has 0 N–H and O–H groups in total. The highest BCUT2D eigenvalue weighted by molar-refractivity contribution is 6.03. The second kappa shape index (κ2) is 5.46. The number of hydrogen-bond acceptors (Lipinski definition) is 5. The van der Waals surface area contributed by atoms with Gasteiger partial charge in [-0.05, 0) is 20.2 Å². The number of nitrogens with zero attached hydrogens (tertiary/aromatic N) is 4. The number of non-ortho nitro benzene ring substituents is 1. The smallest absolute Gasteiger partial charge is 0.271 e. The van der Waals surface area contributed by atoms with Crippen molar-refractivity contribution in [3.63, 3.8) is 0 Å². The van der Waals surface area contributed by atoms with Gasteiger partial charge in [-0.15, -0.1) is 0 Å². The molecule has 7 heteroatoms. The fraction of sp³-hybridized carbons (Fsp3) is 0.462. The molecular weight excluding hydrogens is 260 g/mol. The minimum atomic E-state index is -0.447. The van der Waals surface area contributed by atoms with E-state index in [4.69, 9.17) is 0 Å². The number of carbonyl (C=O) groups excluding carboxylic acids is 1. The molecule has 0 spiro atoms. The SMILES string of the molecule is CN(C)CCN1CC(=O)N(C)c2cc([N+](=O)[O-])ccc21. The summed E-state index contributed by atoms with van der Waals surface area (Å²) in [6.45, 7) is 1.82. The van der Waals surface area contributed by atoms with E-state index in [2.05, 4.69) is 0 Å². The molecule has 20 heavy (non-hydrogen) atoms. The van der Waals surface area contributed by atoms with Gasteiger partial charge in [0.1, 0.15) is 0 Å². The zero-order valence-electron chi connectivity index (χ0n) is 11.9. The summed E-state index contributed by atoms with van der Waals surface area (Å²) in [7, 11) is 5.58. The number of hydrogen-bond donors (Lipinski definition) is 0. The molecule has 2 rings (SSSR count). The molecule has 1 aromatic rings. The van der Waals surface area contributed by atoms with Crippen LogP contribution in [0.15, 0.2) is 18.2 Å². The third-order valence-corrected chi connectivity index (χ3v) is 3.39. The monoisotopic (exact) mass is 278 g/mol. The summed E-state index contributed by atoms with van der Waals surface area (Å²) in [6, 6.07) is 4.65. The molecule has 0 bridgehead atoms. The molecule has 1 aliphatic rings. The summed E-state index contributed by atoms with van der Waals surface area (Å²) in [4.78, 5) is 27.9. The molecule has 0 saturated heterocycles. The number of amides is 1. The second-order valence-corrected chi connectivity index (χ2v) is 5.11. The quantitative estimate of drug-likeness (QED) is 0.605. The summed E-state index contributed by atoms with van der Waals surface area (Å²) in [5, 5.41) is 10.9. The zero-order chi connectivity index (χ0) is 14.9. The van der Waals surface area contributed by atoms with Crippen LogP contribution in [0.2, 0.25) is 0 Å². The van der Waals surface area contributed by atoms with E-state index in [-0.39, 0.29) is 11.6 Å². The van der Waals surface area contributed by atoms with Crippen molar-refractivity contribution in [1.82, 2.24) is 4.90 Å². The van der Waals surface area contributed by atoms with E-state index in [1.165, 1.54) is 17.0 Å². The number of nitro benzene ring substituents is 1. The van der Waals surface area contributed by atoms with E-state index in [0.717, 1.165) is 12.2 Å². The average Bonchev–Trinajstić information content (AvgIpc) is 2.40. The topological polar surface area (TPSA) is 69.9 Å². The van der Waals surface area contributed by atoms with E-state index < -0.39 is 4.92 Å². The first-order chi connectivity index (χ1) is 9.40. The Morgan fingerprint density at radius 3 is 2.65 bits per heavy atom. The molecule has 0 aromatic heterocycles. The van der Waals surface area contributed by atoms with Gasteiger partial charge in [-0.1, -0.05) is 0 Å². The highest BCUT2D eigenvalue weighted by Gasteiger charge is 2.28. The molecule has 1 aromatic carbocycles. The van der Waals surface area contributed by atoms with Gasteiger partial charge in [-0.3, -0.25) is 14.9 Å². The lowest BCUT2D eigenvalue weighted by Crippen LogP contribution is -2.45. The van der Waals surface area contributed by atoms with E-state index in [1.54, 1.807) is 13.1 Å². The zero-order valence-corrected chi connectivity index (χ0v) is 11.9. The minimum Gasteiger partial charge on any atom is -0.359 e. The number of benzene rings is 1. The summed E-state index contributed by atoms with van der Waals surface area (Å²) >= 11 is 0. The molecule has 108 valence electrons. The van der Waals surface area contributed by atoms with Gasteiger partial charge in [-0.25, -0.2) is 0 Å². The standard InChI is InChI=1S/C13H18N4O3/c1-14(2)6-7-16-9-13(18)15(3)12-8-10(17(19)20)4-5-11(12)16/h4-5,8H,6-7,9H2,1-3H3. The first-order valence-corrected chi connectivity index (χ1v) is 6.35. The van der Waals surface area contributed by atoms with Gasteiger partial charge >= 0.3 is 0 Å². The molecule has 0 fully saturated rings. The Morgan fingerprint density at radius 2 is 2.05 bits per heavy atom. The van der Waals surface area contributed by atoms with Crippen LogP contribution >= 0.6 is 0 Å². The van der Waals surface area contributed by atoms with Crippen molar-refractivity contribution >= 4 is 23.0 Å². The fourth-order valence-corrected chi connectivity index (χ4v) is 2.17. The number of likely N-dealkylation sites (N-methyl/N-ethyl adjacent to an activating group) is 2. The summed E-state index contributed by atoms with van der Waals surface area (Å²) in [5.74, 6) is -0.0586. The van der Waals surface area contributed by atoms with Gasteiger partial charge in [0.05, 0.1) is 22.8 Å². The van der Waals surface area contributed by atoms with Gasteiger partial charge < -0.3 is 14.7 Å². The molecule has 1 aliphatic heterocycles. The first-order valence-electron chi connectivity index (χ1n) is 6.35. The first kappa shape index (κ1) is 14.3. The van der Waals surface area contributed by atoms with Crippen LogP contribution in [-0.4, -0.2) is 56.5 Å². The van der Waals surface area contributed by atoms with Gasteiger partial charge in [0.25, 0.3) is 5.69 Å². The molecule has 0 saturated carbocycles. The third-order valence-electron chi connectivity index (χ3n) is 3.39. The molecule has 7 nitrogen and oxygen atoms in total. The fourth-order valence-electron chi connectivity index (χ4n) is 2.17. The maximum atomic E-state index is 12.0. The second-order valence-electron chi connectivity index (χ2n) is 5.11. The van der Waals surface area contributed by atoms with Crippen LogP contribution in [0.1, 0.15) is 0 Å². The van der Waals surface area contributed by atoms with E-state index >= 15 is 0 Å². The summed E-state index contributed by atoms with van der Waals surface area (Å²) in [6.07, 6.45) is 0. The van der Waals surface area contributed by atoms with Crippen LogP contribution in [-0.2, 0) is 4.79 Å². The van der Waals surface area contributed by atoms with Crippen LogP contribution in [0.3, 0.4) is 0 Å². The van der Waals surface area contributed by atoms with Crippen molar-refractivity contribution < 1.29 is 9.72 Å². The Labute approximate surface area is 117 Å². The molecule has 0 aliphatic carbocycles. The van der Waals surface area contributed by atoms with Crippen molar-refractivity contribution in [2.45, 2.75) is 0 Å². The normalized spacial score (nSPS) is 14.7. The molecule has 0 atom stereocenters. The predicted octanol–water partition coefficient (Wildman–Crippen LogP) is 0.939. The maximum Gasteiger partial charge on any atom is 0.271 e. The van der Waals surface area contributed by atoms with Crippen LogP contribution in [0, 0.1) is 10.1 Å². The van der Waals surface area contributed by atoms with Crippen molar-refractivity contribution in [3.8, 4) is 0 Å². The largest absolute Gasteiger partial charge is 0.359 e. The Hall–Kier alpha value is -2.15. The lowest BCUT2D eigenvalue weighted by atomic mass is 10.1. The Morgan fingerprint density at radius 1 is 1.35 bits per heavy atom. The third kappa shape index (κ3) is 2.72. The lowest BCUT2D eigenvalue weighted by Gasteiger charge is -2.35. The van der Waals surface area contributed by atoms with Crippen molar-refractivity contribution in [3.05, 3.63) is 28.3 Å². The Bertz CT molecular complexity index is 544. The number of rotatable bonds is 4. The van der Waals surface area contributed by atoms with Crippen molar-refractivity contribution in [2.75, 3.05) is 50.6 Å². The van der Waals surface area contributed by atoms with E-state index in [9.17, 15) is 14.9 Å². The molecular formula is C13H18N4O3. The molecule has 1 amide bonds. The van der Waals surface area contributed by atoms with Crippen molar-refractivity contribution in [2.24, 2.45) is 0 Å². The van der Waals surface area contributed by atoms with Gasteiger partial charge in [-0.2, -0.15) is 0 Å². The predicted molar refractivity (Wildman–Crippen MR) is 77.3 cm³/mol. The van der Waals surface area contributed by atoms with Crippen molar-refractivity contribution in [1.29, 1.82) is 0 Å². The summed E-state index contributed by atoms with van der Waals surface area (Å²) in [5.41, 5.74) is 1.45. The lowest BCUT2D eigenvalue weighted by molar-refractivity contribution is -0.384. The van der Waals surface area contributed by atoms with E-state index in [1.807, 2.05) is 23.9 Å². The maximum absolute atomic E-state index is 12.0. The Kier molecular flexibility index (Phi) is 3.89. The number of nitro groups is 1. The summed E-state index contributed by atoms with van der Waals surface area (Å²) < 4.78 is 0. The van der Waals surface area contributed by atoms with Crippen LogP contribution in [0.25, 0.3) is 0 Å². The highest BCUT2D eigenvalue weighted by Crippen LogP contribution is 2.35. The number of carbonyl (C=O) groups is 1. The van der Waals surface area contributed by atoms with E-state index in [0.29, 0.717) is 18.8 Å². The molecule has 0 radical (unpaired) electrons. The number of anilines is 2. The van der Waals surface area contributed by atoms with Crippen LogP contribution in [0.4, 0.5) is 17.1 Å². The molecule has 0 unspecified atom stereocenters. The average molecular weight is 278 g/mol. The molecule has 1 heterocycles. The van der Waals surface area contributed by atoms with Crippen LogP contribution in [0.5, 0.6) is 0 Å². The van der Waals surface area contributed by atoms with Crippen LogP contribution < -0.4 is 9.80 Å². The minimum absolute atomic E-state index is 0.00198. The van der Waals surface area contributed by atoms with Gasteiger partial charge in [0.15, 0.2) is 0 Å². The number of fused-ring (bicyclic) bond motifs is 1. The van der Waals surface area contributed by atoms with Gasteiger partial charge in [0.2, 0.25) is 5.91 Å².